The van der Waals surface area contributed by atoms with Crippen molar-refractivity contribution in [2.45, 2.75) is 104 Å². The molecule has 1 aliphatic rings. The third-order valence-corrected chi connectivity index (χ3v) is 5.39. The summed E-state index contributed by atoms with van der Waals surface area (Å²) in [6.45, 7) is 9.01. The second kappa shape index (κ2) is 16.1. The van der Waals surface area contributed by atoms with Crippen molar-refractivity contribution < 1.29 is 17.3 Å². The number of rotatable bonds is 13. The van der Waals surface area contributed by atoms with Gasteiger partial charge in [0, 0.05) is 0 Å². The summed E-state index contributed by atoms with van der Waals surface area (Å²) >= 11 is 0. The van der Waals surface area contributed by atoms with Crippen LogP contribution in [0.2, 0.25) is 0 Å². The number of quaternary nitrogens is 1. The van der Waals surface area contributed by atoms with Gasteiger partial charge >= 0.3 is 0 Å². The zero-order valence-electron chi connectivity index (χ0n) is 15.5. The van der Waals surface area contributed by atoms with Crippen LogP contribution in [0.15, 0.2) is 0 Å². The van der Waals surface area contributed by atoms with Crippen molar-refractivity contribution in [2.75, 3.05) is 19.6 Å². The van der Waals surface area contributed by atoms with Crippen LogP contribution in [-0.2, 0) is 0 Å². The molecule has 0 aromatic rings. The van der Waals surface area contributed by atoms with E-state index < -0.39 is 0 Å². The first-order chi connectivity index (χ1) is 10.4. The summed E-state index contributed by atoms with van der Waals surface area (Å²) in [5, 5.41) is 0. The second-order valence-electron chi connectivity index (χ2n) is 7.41. The summed E-state index contributed by atoms with van der Waals surface area (Å²) in [5.41, 5.74) is 0. The summed E-state index contributed by atoms with van der Waals surface area (Å²) < 4.78 is 0. The van der Waals surface area contributed by atoms with Gasteiger partial charge in [-0.25, -0.2) is 0 Å². The molecule has 0 aromatic carbocycles. The minimum atomic E-state index is 0. The van der Waals surface area contributed by atoms with Crippen LogP contribution in [0.1, 0.15) is 104 Å². The Balaban J connectivity index is 0.00000441. The van der Waals surface area contributed by atoms with Gasteiger partial charge in [0.2, 0.25) is 0 Å². The van der Waals surface area contributed by atoms with E-state index in [2.05, 4.69) is 13.8 Å². The van der Waals surface area contributed by atoms with E-state index in [-0.39, 0.29) is 12.4 Å². The number of hydrogen-bond acceptors (Lipinski definition) is 0. The highest BCUT2D eigenvalue weighted by atomic mass is 35.5. The molecule has 1 rings (SSSR count). The van der Waals surface area contributed by atoms with Crippen LogP contribution < -0.4 is 17.3 Å². The molecule has 22 heavy (non-hydrogen) atoms. The van der Waals surface area contributed by atoms with Crippen LogP contribution in [-0.4, -0.2) is 19.6 Å². The average Bonchev–Trinajstić information content (AvgIpc) is 2.51. The van der Waals surface area contributed by atoms with Crippen molar-refractivity contribution in [3.05, 3.63) is 0 Å². The molecule has 0 aromatic heterocycles. The molecule has 0 spiro atoms. The first-order valence-electron chi connectivity index (χ1n) is 10.2. The van der Waals surface area contributed by atoms with Crippen LogP contribution in [0.5, 0.6) is 0 Å². The lowest BCUT2D eigenvalue weighted by Crippen LogP contribution is -3.13. The Labute approximate surface area is 147 Å². The minimum Gasteiger partial charge on any atom is -1.00 e. The summed E-state index contributed by atoms with van der Waals surface area (Å²) in [6.07, 6.45) is 20.5. The molecular formula is C20H42ClN. The number of unbranched alkanes of at least 4 members (excludes halogenated alkanes) is 9. The van der Waals surface area contributed by atoms with Gasteiger partial charge in [0.25, 0.3) is 0 Å². The molecule has 0 atom stereocenters. The molecule has 0 bridgehead atoms. The smallest absolute Gasteiger partial charge is 0.0773 e. The Morgan fingerprint density at radius 3 is 1.68 bits per heavy atom. The Morgan fingerprint density at radius 1 is 0.682 bits per heavy atom. The monoisotopic (exact) mass is 331 g/mol. The fourth-order valence-corrected chi connectivity index (χ4v) is 3.90. The highest BCUT2D eigenvalue weighted by Crippen LogP contribution is 2.15. The minimum absolute atomic E-state index is 0. The Bertz CT molecular complexity index is 212. The van der Waals surface area contributed by atoms with Crippen molar-refractivity contribution in [2.24, 2.45) is 5.92 Å². The molecule has 1 nitrogen and oxygen atoms in total. The fourth-order valence-electron chi connectivity index (χ4n) is 3.90. The van der Waals surface area contributed by atoms with Crippen LogP contribution in [0.4, 0.5) is 0 Å². The van der Waals surface area contributed by atoms with Gasteiger partial charge in [0.1, 0.15) is 0 Å². The number of halogens is 1. The van der Waals surface area contributed by atoms with E-state index in [1.165, 1.54) is 110 Å². The van der Waals surface area contributed by atoms with E-state index in [0.29, 0.717) is 0 Å². The molecule has 1 fully saturated rings. The standard InChI is InChI=1S/C20H41N.ClH/c1-3-5-6-7-8-9-10-11-12-13-17-21-18-15-20(14-4-2)16-19-21;/h20H,3-19H2,1-2H3;1H. The molecule has 2 heteroatoms. The van der Waals surface area contributed by atoms with Crippen molar-refractivity contribution in [3.63, 3.8) is 0 Å². The Kier molecular flexibility index (Phi) is 16.3. The van der Waals surface area contributed by atoms with Gasteiger partial charge in [-0.05, 0) is 31.6 Å². The van der Waals surface area contributed by atoms with E-state index in [1.807, 2.05) is 4.90 Å². The van der Waals surface area contributed by atoms with E-state index in [9.17, 15) is 0 Å². The number of hydrogen-bond donors (Lipinski definition) is 1. The SMILES string of the molecule is CCCCCCCCCCCC[NH+]1CCC(CCC)CC1.[Cl-]. The van der Waals surface area contributed by atoms with Gasteiger partial charge in [0.15, 0.2) is 0 Å². The first-order valence-corrected chi connectivity index (χ1v) is 10.2. The van der Waals surface area contributed by atoms with E-state index in [0.717, 1.165) is 5.92 Å². The van der Waals surface area contributed by atoms with Crippen molar-refractivity contribution in [3.8, 4) is 0 Å². The highest BCUT2D eigenvalue weighted by Gasteiger charge is 2.20. The van der Waals surface area contributed by atoms with E-state index in [4.69, 9.17) is 0 Å². The third-order valence-electron chi connectivity index (χ3n) is 5.39. The van der Waals surface area contributed by atoms with E-state index >= 15 is 0 Å². The largest absolute Gasteiger partial charge is 1.00 e. The van der Waals surface area contributed by atoms with Crippen LogP contribution in [0.25, 0.3) is 0 Å². The van der Waals surface area contributed by atoms with Gasteiger partial charge in [-0.2, -0.15) is 0 Å². The number of piperidine rings is 1. The van der Waals surface area contributed by atoms with Crippen LogP contribution in [0.3, 0.4) is 0 Å². The number of likely N-dealkylation sites (tertiary alicyclic amines) is 1. The summed E-state index contributed by atoms with van der Waals surface area (Å²) in [4.78, 5) is 1.90. The normalized spacial score (nSPS) is 21.5. The molecule has 0 unspecified atom stereocenters. The van der Waals surface area contributed by atoms with Crippen molar-refractivity contribution in [1.29, 1.82) is 0 Å². The van der Waals surface area contributed by atoms with Crippen molar-refractivity contribution >= 4 is 0 Å². The third kappa shape index (κ3) is 11.8. The molecule has 0 radical (unpaired) electrons. The summed E-state index contributed by atoms with van der Waals surface area (Å²) in [6, 6.07) is 0. The molecule has 134 valence electrons. The molecule has 0 amide bonds. The van der Waals surface area contributed by atoms with Gasteiger partial charge in [-0.1, -0.05) is 78.1 Å². The van der Waals surface area contributed by atoms with Gasteiger partial charge in [-0.15, -0.1) is 0 Å². The zero-order chi connectivity index (χ0) is 15.2. The predicted molar refractivity (Wildman–Crippen MR) is 95.0 cm³/mol. The molecular weight excluding hydrogens is 290 g/mol. The summed E-state index contributed by atoms with van der Waals surface area (Å²) in [7, 11) is 0. The zero-order valence-corrected chi connectivity index (χ0v) is 16.2. The van der Waals surface area contributed by atoms with Crippen LogP contribution >= 0.6 is 0 Å². The molecule has 1 saturated heterocycles. The first kappa shape index (κ1) is 22.2. The van der Waals surface area contributed by atoms with E-state index in [1.54, 1.807) is 0 Å². The molecule has 0 saturated carbocycles. The number of nitrogens with one attached hydrogen (secondary N) is 1. The Hall–Kier alpha value is 0.250. The molecule has 0 aliphatic carbocycles. The summed E-state index contributed by atoms with van der Waals surface area (Å²) in [5.74, 6) is 1.06. The lowest BCUT2D eigenvalue weighted by atomic mass is 9.92. The maximum absolute atomic E-state index is 2.34. The van der Waals surface area contributed by atoms with Gasteiger partial charge in [0.05, 0.1) is 19.6 Å². The quantitative estimate of drug-likeness (QED) is 0.492. The average molecular weight is 332 g/mol. The molecule has 1 aliphatic heterocycles. The van der Waals surface area contributed by atoms with Crippen LogP contribution in [0, 0.1) is 5.92 Å². The fraction of sp³-hybridized carbons (Fsp3) is 1.00. The lowest BCUT2D eigenvalue weighted by molar-refractivity contribution is -0.906. The predicted octanol–water partition coefficient (Wildman–Crippen LogP) is 2.01. The maximum atomic E-state index is 2.34. The topological polar surface area (TPSA) is 4.44 Å². The second-order valence-corrected chi connectivity index (χ2v) is 7.41. The Morgan fingerprint density at radius 2 is 1.18 bits per heavy atom. The van der Waals surface area contributed by atoms with Crippen molar-refractivity contribution in [1.82, 2.24) is 0 Å². The van der Waals surface area contributed by atoms with Gasteiger partial charge < -0.3 is 17.3 Å². The molecule has 1 heterocycles. The maximum Gasteiger partial charge on any atom is 0.0773 e. The lowest BCUT2D eigenvalue weighted by Gasteiger charge is -2.29. The highest BCUT2D eigenvalue weighted by molar-refractivity contribution is 4.61. The van der Waals surface area contributed by atoms with Gasteiger partial charge in [-0.3, -0.25) is 0 Å². The molecule has 1 N–H and O–H groups in total.